The van der Waals surface area contributed by atoms with Gasteiger partial charge in [0.1, 0.15) is 6.39 Å². The Labute approximate surface area is 60.5 Å². The van der Waals surface area contributed by atoms with Crippen molar-refractivity contribution in [3.63, 3.8) is 0 Å². The van der Waals surface area contributed by atoms with Gasteiger partial charge in [-0.05, 0) is 6.26 Å². The normalized spacial score (nSPS) is 5.71. The van der Waals surface area contributed by atoms with E-state index in [2.05, 4.69) is 15.8 Å². The van der Waals surface area contributed by atoms with Gasteiger partial charge in [0.05, 0.1) is 0 Å². The molecular weight excluding hydrogens is 167 g/mol. The maximum Gasteiger partial charge on any atom is 2.00 e. The second-order valence-corrected chi connectivity index (χ2v) is 0.623. The molecule has 0 bridgehead atoms. The minimum absolute atomic E-state index is 0. The van der Waals surface area contributed by atoms with Crippen molar-refractivity contribution in [2.24, 2.45) is 0 Å². The molecule has 0 aliphatic carbocycles. The van der Waals surface area contributed by atoms with E-state index in [1.165, 1.54) is 12.5 Å². The Hall–Kier alpha value is 0.123. The van der Waals surface area contributed by atoms with Crippen molar-refractivity contribution >= 4 is 0 Å². The summed E-state index contributed by atoms with van der Waals surface area (Å²) in [6.45, 7) is 0. The average Bonchev–Trinajstić information content (AvgIpc) is 1.76. The van der Waals surface area contributed by atoms with E-state index in [1.807, 2.05) is 0 Å². The van der Waals surface area contributed by atoms with E-state index in [9.17, 15) is 0 Å². The van der Waals surface area contributed by atoms with Gasteiger partial charge in [-0.25, -0.2) is 0 Å². The summed E-state index contributed by atoms with van der Waals surface area (Å²) in [5, 5.41) is 0. The maximum atomic E-state index is 4.35. The first-order valence-electron chi connectivity index (χ1n) is 1.25. The summed E-state index contributed by atoms with van der Waals surface area (Å²) in [7, 11) is 0. The Morgan fingerprint density at radius 2 is 2.29 bits per heavy atom. The van der Waals surface area contributed by atoms with Crippen molar-refractivity contribution in [2.75, 3.05) is 0 Å². The van der Waals surface area contributed by atoms with E-state index in [0.29, 0.717) is 0 Å². The van der Waals surface area contributed by atoms with E-state index in [0.717, 1.165) is 0 Å². The summed E-state index contributed by atoms with van der Waals surface area (Å²) in [6.07, 6.45) is 5.22. The molecule has 2 nitrogen and oxygen atoms in total. The quantitative estimate of drug-likeness (QED) is 0.316. The van der Waals surface area contributed by atoms with Gasteiger partial charge in [-0.15, -0.1) is 0 Å². The fraction of sp³-hybridized carbons (Fsp3) is 0. The first kappa shape index (κ1) is 10.2. The van der Waals surface area contributed by atoms with Crippen LogP contribution in [0, 0.1) is 6.39 Å². The molecule has 0 spiro atoms. The number of halogens is 1. The zero-order chi connectivity index (χ0) is 3.54. The van der Waals surface area contributed by atoms with Crippen LogP contribution >= 0.6 is 0 Å². The molecular formula is C3H2ClNOZn. The summed E-state index contributed by atoms with van der Waals surface area (Å²) in [4.78, 5) is 3.43. The van der Waals surface area contributed by atoms with Crippen LogP contribution in [0.4, 0.5) is 0 Å². The molecule has 0 aromatic carbocycles. The summed E-state index contributed by atoms with van der Waals surface area (Å²) in [5.41, 5.74) is 0. The zero-order valence-electron chi connectivity index (χ0n) is 3.60. The minimum atomic E-state index is 0. The third-order valence-corrected chi connectivity index (χ3v) is 0.309. The van der Waals surface area contributed by atoms with E-state index < -0.39 is 0 Å². The van der Waals surface area contributed by atoms with Gasteiger partial charge in [-0.3, -0.25) is 0 Å². The van der Waals surface area contributed by atoms with Gasteiger partial charge in [-0.1, -0.05) is 6.20 Å². The average molecular weight is 169 g/mol. The van der Waals surface area contributed by atoms with Crippen LogP contribution in [0.15, 0.2) is 16.9 Å². The van der Waals surface area contributed by atoms with Crippen LogP contribution in [0.5, 0.6) is 0 Å². The van der Waals surface area contributed by atoms with Crippen molar-refractivity contribution in [3.05, 3.63) is 18.9 Å². The Bertz CT molecular complexity index is 71.4. The molecule has 0 N–H and O–H groups in total. The summed E-state index contributed by atoms with van der Waals surface area (Å²) >= 11 is 0. The predicted molar refractivity (Wildman–Crippen MR) is 15.3 cm³/mol. The van der Waals surface area contributed by atoms with Gasteiger partial charge in [0, 0.05) is 0 Å². The van der Waals surface area contributed by atoms with Crippen LogP contribution in [0.2, 0.25) is 0 Å². The fourth-order valence-electron chi connectivity index (χ4n) is 0.152. The molecule has 0 aliphatic rings. The molecule has 1 aromatic rings. The van der Waals surface area contributed by atoms with Crippen molar-refractivity contribution < 1.29 is 36.3 Å². The van der Waals surface area contributed by atoms with E-state index in [-0.39, 0.29) is 31.9 Å². The zero-order valence-corrected chi connectivity index (χ0v) is 7.32. The molecule has 0 amide bonds. The van der Waals surface area contributed by atoms with Crippen molar-refractivity contribution in [1.82, 2.24) is 4.98 Å². The SMILES string of the molecule is [Cl-].[Zn+2].[c-]1ncco1. The number of rotatable bonds is 0. The molecule has 34 valence electrons. The monoisotopic (exact) mass is 167 g/mol. The van der Waals surface area contributed by atoms with Crippen LogP contribution in [0.3, 0.4) is 0 Å². The van der Waals surface area contributed by atoms with Crippen molar-refractivity contribution in [1.29, 1.82) is 0 Å². The molecule has 0 saturated heterocycles. The van der Waals surface area contributed by atoms with Crippen LogP contribution in [0.1, 0.15) is 0 Å². The van der Waals surface area contributed by atoms with E-state index in [4.69, 9.17) is 0 Å². The van der Waals surface area contributed by atoms with E-state index in [1.54, 1.807) is 0 Å². The van der Waals surface area contributed by atoms with Crippen molar-refractivity contribution in [2.45, 2.75) is 0 Å². The number of nitrogens with zero attached hydrogens (tertiary/aromatic N) is 1. The van der Waals surface area contributed by atoms with Crippen LogP contribution < -0.4 is 12.4 Å². The third-order valence-electron chi connectivity index (χ3n) is 0.309. The molecule has 0 aliphatic heterocycles. The van der Waals surface area contributed by atoms with E-state index >= 15 is 0 Å². The van der Waals surface area contributed by atoms with Gasteiger partial charge >= 0.3 is 19.5 Å². The first-order valence-corrected chi connectivity index (χ1v) is 1.25. The number of aromatic nitrogens is 1. The van der Waals surface area contributed by atoms with Gasteiger partial charge in [0.2, 0.25) is 0 Å². The Kier molecular flexibility index (Phi) is 8.90. The summed E-state index contributed by atoms with van der Waals surface area (Å²) in [6, 6.07) is 0. The third kappa shape index (κ3) is 3.97. The molecule has 0 fully saturated rings. The molecule has 0 radical (unpaired) electrons. The molecule has 1 heterocycles. The van der Waals surface area contributed by atoms with Crippen LogP contribution in [-0.2, 0) is 19.5 Å². The minimum Gasteiger partial charge on any atom is -1.00 e. The molecule has 0 unspecified atom stereocenters. The first-order chi connectivity index (χ1) is 2.50. The second-order valence-electron chi connectivity index (χ2n) is 0.623. The Balaban J connectivity index is 0. The van der Waals surface area contributed by atoms with Crippen LogP contribution in [-0.4, -0.2) is 4.98 Å². The fourth-order valence-corrected chi connectivity index (χ4v) is 0.152. The molecule has 0 saturated carbocycles. The molecule has 4 heteroatoms. The number of hydrogen-bond acceptors (Lipinski definition) is 2. The second kappa shape index (κ2) is 6.12. The Morgan fingerprint density at radius 3 is 2.43 bits per heavy atom. The smallest absolute Gasteiger partial charge is 1.00 e. The maximum absolute atomic E-state index is 4.35. The standard InChI is InChI=1S/C3H2NO.ClH.Zn/c1-2-5-3-4-1;;/h1-2H;1H;/q-1;;+2/p-1. The molecule has 1 rings (SSSR count). The summed E-state index contributed by atoms with van der Waals surface area (Å²) < 4.78 is 4.35. The topological polar surface area (TPSA) is 26.0 Å². The van der Waals surface area contributed by atoms with Gasteiger partial charge < -0.3 is 21.8 Å². The van der Waals surface area contributed by atoms with Crippen LogP contribution in [0.25, 0.3) is 0 Å². The summed E-state index contributed by atoms with van der Waals surface area (Å²) in [5.74, 6) is 0. The van der Waals surface area contributed by atoms with Gasteiger partial charge in [-0.2, -0.15) is 0 Å². The molecule has 1 aromatic heterocycles. The Morgan fingerprint density at radius 1 is 1.57 bits per heavy atom. The van der Waals surface area contributed by atoms with Gasteiger partial charge in [0.25, 0.3) is 0 Å². The molecule has 0 atom stereocenters. The predicted octanol–water partition coefficient (Wildman–Crippen LogP) is -2.52. The largest absolute Gasteiger partial charge is 2.00 e. The van der Waals surface area contributed by atoms with Gasteiger partial charge in [0.15, 0.2) is 0 Å². The van der Waals surface area contributed by atoms with Crippen molar-refractivity contribution in [3.8, 4) is 0 Å². The molecule has 7 heavy (non-hydrogen) atoms. The number of oxazole rings is 1. The number of hydrogen-bond donors (Lipinski definition) is 0.